The summed E-state index contributed by atoms with van der Waals surface area (Å²) in [5, 5.41) is 0. The highest BCUT2D eigenvalue weighted by Gasteiger charge is 2.11. The van der Waals surface area contributed by atoms with Gasteiger partial charge in [-0.3, -0.25) is 4.79 Å². The molecule has 1 aromatic carbocycles. The van der Waals surface area contributed by atoms with Gasteiger partial charge in [-0.05, 0) is 31.2 Å². The van der Waals surface area contributed by atoms with Crippen LogP contribution in [0.4, 0.5) is 0 Å². The van der Waals surface area contributed by atoms with Crippen molar-refractivity contribution in [1.82, 2.24) is 4.90 Å². The normalized spacial score (nSPS) is 9.65. The number of carbonyl (C=O) groups excluding carboxylic acids is 1. The first-order chi connectivity index (χ1) is 9.71. The summed E-state index contributed by atoms with van der Waals surface area (Å²) in [6.07, 6.45) is 3.36. The van der Waals surface area contributed by atoms with Crippen LogP contribution in [0.2, 0.25) is 0 Å². The lowest BCUT2D eigenvalue weighted by Crippen LogP contribution is -2.35. The molecule has 1 aromatic rings. The standard InChI is InChI=1S/C16H21NO3/c1-4-11-17(12-5-2)16(18)13-20-15-9-7-14(8-10-15)19-6-3/h4-5,7-10H,1-2,6,11-13H2,3H3. The van der Waals surface area contributed by atoms with Crippen LogP contribution in [-0.2, 0) is 4.79 Å². The van der Waals surface area contributed by atoms with Crippen molar-refractivity contribution < 1.29 is 14.3 Å². The smallest absolute Gasteiger partial charge is 0.261 e. The lowest BCUT2D eigenvalue weighted by molar-refractivity contribution is -0.132. The van der Waals surface area contributed by atoms with Gasteiger partial charge in [-0.15, -0.1) is 13.2 Å². The average molecular weight is 275 g/mol. The minimum Gasteiger partial charge on any atom is -0.494 e. The molecule has 108 valence electrons. The molecule has 0 fully saturated rings. The van der Waals surface area contributed by atoms with Crippen LogP contribution in [0.1, 0.15) is 6.92 Å². The van der Waals surface area contributed by atoms with E-state index in [-0.39, 0.29) is 12.5 Å². The molecule has 0 N–H and O–H groups in total. The number of amides is 1. The van der Waals surface area contributed by atoms with E-state index in [1.165, 1.54) is 0 Å². The second kappa shape index (κ2) is 8.80. The number of benzene rings is 1. The highest BCUT2D eigenvalue weighted by atomic mass is 16.5. The molecule has 0 bridgehead atoms. The molecule has 0 unspecified atom stereocenters. The zero-order valence-electron chi connectivity index (χ0n) is 11.9. The Morgan fingerprint density at radius 1 is 1.10 bits per heavy atom. The molecule has 0 aliphatic rings. The fourth-order valence-electron chi connectivity index (χ4n) is 1.62. The van der Waals surface area contributed by atoms with E-state index in [1.807, 2.05) is 19.1 Å². The molecule has 0 saturated carbocycles. The fourth-order valence-corrected chi connectivity index (χ4v) is 1.62. The Labute approximate surface area is 120 Å². The van der Waals surface area contributed by atoms with Gasteiger partial charge in [0.25, 0.3) is 5.91 Å². The maximum Gasteiger partial charge on any atom is 0.261 e. The number of rotatable bonds is 9. The molecule has 0 aliphatic carbocycles. The van der Waals surface area contributed by atoms with E-state index >= 15 is 0 Å². The first-order valence-corrected chi connectivity index (χ1v) is 6.56. The van der Waals surface area contributed by atoms with Crippen LogP contribution in [0.5, 0.6) is 11.5 Å². The topological polar surface area (TPSA) is 38.8 Å². The Morgan fingerprint density at radius 3 is 2.05 bits per heavy atom. The quantitative estimate of drug-likeness (QED) is 0.650. The number of hydrogen-bond donors (Lipinski definition) is 0. The summed E-state index contributed by atoms with van der Waals surface area (Å²) in [7, 11) is 0. The molecule has 0 spiro atoms. The first-order valence-electron chi connectivity index (χ1n) is 6.56. The van der Waals surface area contributed by atoms with Gasteiger partial charge in [0.15, 0.2) is 6.61 Å². The van der Waals surface area contributed by atoms with Gasteiger partial charge in [0.1, 0.15) is 11.5 Å². The van der Waals surface area contributed by atoms with Crippen LogP contribution in [0, 0.1) is 0 Å². The largest absolute Gasteiger partial charge is 0.494 e. The van der Waals surface area contributed by atoms with Gasteiger partial charge in [0.05, 0.1) is 6.61 Å². The van der Waals surface area contributed by atoms with Gasteiger partial charge in [-0.2, -0.15) is 0 Å². The first kappa shape index (κ1) is 15.8. The second-order valence-electron chi connectivity index (χ2n) is 4.07. The zero-order valence-corrected chi connectivity index (χ0v) is 11.9. The highest BCUT2D eigenvalue weighted by molar-refractivity contribution is 5.78. The van der Waals surface area contributed by atoms with Crippen LogP contribution in [0.15, 0.2) is 49.6 Å². The summed E-state index contributed by atoms with van der Waals surface area (Å²) >= 11 is 0. The van der Waals surface area contributed by atoms with Gasteiger partial charge in [0.2, 0.25) is 0 Å². The zero-order chi connectivity index (χ0) is 14.8. The van der Waals surface area contributed by atoms with Crippen molar-refractivity contribution in [2.75, 3.05) is 26.3 Å². The summed E-state index contributed by atoms with van der Waals surface area (Å²) in [6, 6.07) is 7.19. The molecular formula is C16H21NO3. The molecule has 0 heterocycles. The summed E-state index contributed by atoms with van der Waals surface area (Å²) in [5.74, 6) is 1.32. The number of ether oxygens (including phenoxy) is 2. The molecular weight excluding hydrogens is 254 g/mol. The Kier molecular flexibility index (Phi) is 6.96. The molecule has 0 atom stereocenters. The monoisotopic (exact) mass is 275 g/mol. The molecule has 20 heavy (non-hydrogen) atoms. The average Bonchev–Trinajstić information content (AvgIpc) is 2.46. The van der Waals surface area contributed by atoms with Crippen molar-refractivity contribution in [3.8, 4) is 11.5 Å². The predicted molar refractivity (Wildman–Crippen MR) is 80.1 cm³/mol. The maximum atomic E-state index is 11.9. The van der Waals surface area contributed by atoms with Gasteiger partial charge >= 0.3 is 0 Å². The third kappa shape index (κ3) is 5.18. The van der Waals surface area contributed by atoms with E-state index in [1.54, 1.807) is 29.2 Å². The molecule has 0 radical (unpaired) electrons. The molecule has 0 aromatic heterocycles. The molecule has 4 nitrogen and oxygen atoms in total. The van der Waals surface area contributed by atoms with E-state index in [0.29, 0.717) is 25.4 Å². The maximum absolute atomic E-state index is 11.9. The lowest BCUT2D eigenvalue weighted by Gasteiger charge is -2.19. The van der Waals surface area contributed by atoms with Crippen LogP contribution < -0.4 is 9.47 Å². The molecule has 4 heteroatoms. The lowest BCUT2D eigenvalue weighted by atomic mass is 10.3. The minimum absolute atomic E-state index is 0.00430. The van der Waals surface area contributed by atoms with Crippen LogP contribution in [0.3, 0.4) is 0 Å². The third-order valence-electron chi connectivity index (χ3n) is 2.55. The Hall–Kier alpha value is -2.23. The SMILES string of the molecule is C=CCN(CC=C)C(=O)COc1ccc(OCC)cc1. The molecule has 1 amide bonds. The molecule has 1 rings (SSSR count). The second-order valence-corrected chi connectivity index (χ2v) is 4.07. The molecule has 0 aliphatic heterocycles. The third-order valence-corrected chi connectivity index (χ3v) is 2.55. The van der Waals surface area contributed by atoms with E-state index in [2.05, 4.69) is 13.2 Å². The summed E-state index contributed by atoms with van der Waals surface area (Å²) in [6.45, 7) is 10.8. The highest BCUT2D eigenvalue weighted by Crippen LogP contribution is 2.17. The van der Waals surface area contributed by atoms with Gasteiger partial charge < -0.3 is 14.4 Å². The van der Waals surface area contributed by atoms with Crippen molar-refractivity contribution in [1.29, 1.82) is 0 Å². The summed E-state index contributed by atoms with van der Waals surface area (Å²) < 4.78 is 10.8. The predicted octanol–water partition coefficient (Wildman–Crippen LogP) is 2.66. The van der Waals surface area contributed by atoms with E-state index in [9.17, 15) is 4.79 Å². The van der Waals surface area contributed by atoms with E-state index < -0.39 is 0 Å². The number of carbonyl (C=O) groups is 1. The van der Waals surface area contributed by atoms with E-state index in [0.717, 1.165) is 5.75 Å². The van der Waals surface area contributed by atoms with Crippen molar-refractivity contribution in [2.24, 2.45) is 0 Å². The summed E-state index contributed by atoms with van der Waals surface area (Å²) in [4.78, 5) is 13.6. The van der Waals surface area contributed by atoms with Crippen molar-refractivity contribution >= 4 is 5.91 Å². The minimum atomic E-state index is -0.0984. The van der Waals surface area contributed by atoms with Crippen LogP contribution in [-0.4, -0.2) is 37.1 Å². The van der Waals surface area contributed by atoms with Crippen LogP contribution >= 0.6 is 0 Å². The Bertz CT molecular complexity index is 430. The Morgan fingerprint density at radius 2 is 1.60 bits per heavy atom. The number of nitrogens with zero attached hydrogens (tertiary/aromatic N) is 1. The summed E-state index contributed by atoms with van der Waals surface area (Å²) in [5.41, 5.74) is 0. The number of hydrogen-bond acceptors (Lipinski definition) is 3. The fraction of sp³-hybridized carbons (Fsp3) is 0.312. The Balaban J connectivity index is 2.50. The van der Waals surface area contributed by atoms with Crippen molar-refractivity contribution in [3.05, 3.63) is 49.6 Å². The van der Waals surface area contributed by atoms with Gasteiger partial charge in [-0.25, -0.2) is 0 Å². The van der Waals surface area contributed by atoms with Gasteiger partial charge in [-0.1, -0.05) is 12.2 Å². The van der Waals surface area contributed by atoms with Crippen molar-refractivity contribution in [2.45, 2.75) is 6.92 Å². The van der Waals surface area contributed by atoms with Crippen LogP contribution in [0.25, 0.3) is 0 Å². The molecule has 0 saturated heterocycles. The van der Waals surface area contributed by atoms with Crippen molar-refractivity contribution in [3.63, 3.8) is 0 Å². The van der Waals surface area contributed by atoms with Gasteiger partial charge in [0, 0.05) is 13.1 Å². The van der Waals surface area contributed by atoms with E-state index in [4.69, 9.17) is 9.47 Å².